The summed E-state index contributed by atoms with van der Waals surface area (Å²) in [6.45, 7) is 17.7. The second-order valence-electron chi connectivity index (χ2n) is 10.0. The second kappa shape index (κ2) is 12.3. The van der Waals surface area contributed by atoms with Gasteiger partial charge in [0.2, 0.25) is 0 Å². The number of carbonyl (C=O) groups is 2. The van der Waals surface area contributed by atoms with E-state index in [4.69, 9.17) is 4.98 Å². The van der Waals surface area contributed by atoms with Crippen LogP contribution in [0, 0.1) is 11.3 Å². The summed E-state index contributed by atoms with van der Waals surface area (Å²) >= 11 is 1.71. The number of imidazole rings is 1. The zero-order chi connectivity index (χ0) is 26.3. The highest BCUT2D eigenvalue weighted by molar-refractivity contribution is 7.09. The molecule has 192 valence electrons. The molecule has 1 amide bonds. The monoisotopic (exact) mass is 499 g/mol. The third-order valence-corrected chi connectivity index (χ3v) is 7.46. The SMILES string of the molecule is C=C(/C=c1/nc(Cc2cccs2)n(C(CC)CC)/c1=C/C)C(=O)NC(CC(C)C)C(C)(C)C(=O)O. The predicted octanol–water partition coefficient (Wildman–Crippen LogP) is 4.68. The van der Waals surface area contributed by atoms with Crippen LogP contribution in [0.1, 0.15) is 84.5 Å². The van der Waals surface area contributed by atoms with Crippen molar-refractivity contribution in [2.45, 2.75) is 86.2 Å². The van der Waals surface area contributed by atoms with Crippen LogP contribution in [0.4, 0.5) is 0 Å². The first-order chi connectivity index (χ1) is 16.5. The Hall–Kier alpha value is -2.67. The topological polar surface area (TPSA) is 84.2 Å². The minimum absolute atomic E-state index is 0.230. The van der Waals surface area contributed by atoms with E-state index >= 15 is 0 Å². The van der Waals surface area contributed by atoms with Crippen LogP contribution >= 0.6 is 11.3 Å². The summed E-state index contributed by atoms with van der Waals surface area (Å²) in [5, 5.41) is 16.4. The lowest BCUT2D eigenvalue weighted by atomic mass is 9.80. The van der Waals surface area contributed by atoms with Crippen LogP contribution in [0.15, 0.2) is 29.7 Å². The van der Waals surface area contributed by atoms with Gasteiger partial charge < -0.3 is 15.0 Å². The Morgan fingerprint density at radius 1 is 1.29 bits per heavy atom. The molecule has 0 aliphatic rings. The van der Waals surface area contributed by atoms with E-state index in [1.165, 1.54) is 4.88 Å². The highest BCUT2D eigenvalue weighted by Crippen LogP contribution is 2.26. The van der Waals surface area contributed by atoms with Crippen molar-refractivity contribution >= 4 is 35.4 Å². The minimum Gasteiger partial charge on any atom is -0.481 e. The number of carboxylic acid groups (broad SMARTS) is 1. The molecule has 0 bridgehead atoms. The summed E-state index contributed by atoms with van der Waals surface area (Å²) in [4.78, 5) is 31.2. The zero-order valence-electron chi connectivity index (χ0n) is 22.2. The van der Waals surface area contributed by atoms with Crippen LogP contribution < -0.4 is 16.0 Å². The van der Waals surface area contributed by atoms with Gasteiger partial charge in [0.15, 0.2) is 0 Å². The van der Waals surface area contributed by atoms with Gasteiger partial charge in [0.05, 0.1) is 16.1 Å². The lowest BCUT2D eigenvalue weighted by molar-refractivity contribution is -0.149. The molecule has 0 radical (unpaired) electrons. The number of aliphatic carboxylic acids is 1. The van der Waals surface area contributed by atoms with Gasteiger partial charge in [-0.2, -0.15) is 0 Å². The van der Waals surface area contributed by atoms with Gasteiger partial charge in [0, 0.05) is 29.0 Å². The van der Waals surface area contributed by atoms with Gasteiger partial charge in [-0.05, 0) is 63.5 Å². The van der Waals surface area contributed by atoms with E-state index in [0.29, 0.717) is 17.8 Å². The van der Waals surface area contributed by atoms with Crippen molar-refractivity contribution in [3.05, 3.63) is 51.1 Å². The third-order valence-electron chi connectivity index (χ3n) is 6.58. The molecule has 0 spiro atoms. The van der Waals surface area contributed by atoms with Gasteiger partial charge in [0.1, 0.15) is 5.82 Å². The van der Waals surface area contributed by atoms with E-state index in [0.717, 1.165) is 30.4 Å². The molecule has 2 aromatic rings. The number of rotatable bonds is 12. The highest BCUT2D eigenvalue weighted by Gasteiger charge is 2.38. The summed E-state index contributed by atoms with van der Waals surface area (Å²) in [7, 11) is 0. The summed E-state index contributed by atoms with van der Waals surface area (Å²) in [5.74, 6) is -0.113. The first-order valence-electron chi connectivity index (χ1n) is 12.5. The molecule has 2 heterocycles. The quantitative estimate of drug-likeness (QED) is 0.416. The fourth-order valence-corrected chi connectivity index (χ4v) is 5.00. The molecule has 0 saturated carbocycles. The fraction of sp³-hybridized carbons (Fsp3) is 0.536. The van der Waals surface area contributed by atoms with Crippen molar-refractivity contribution in [2.75, 3.05) is 0 Å². The number of thiophene rings is 1. The number of hydrogen-bond donors (Lipinski definition) is 2. The number of carboxylic acids is 1. The van der Waals surface area contributed by atoms with Crippen molar-refractivity contribution in [1.29, 1.82) is 0 Å². The summed E-state index contributed by atoms with van der Waals surface area (Å²) in [5.41, 5.74) is -0.840. The van der Waals surface area contributed by atoms with Crippen LogP contribution in [-0.4, -0.2) is 32.6 Å². The molecule has 35 heavy (non-hydrogen) atoms. The number of nitrogens with one attached hydrogen (secondary N) is 1. The Balaban J connectivity index is 2.48. The smallest absolute Gasteiger partial charge is 0.311 e. The molecule has 0 aliphatic heterocycles. The first-order valence-corrected chi connectivity index (χ1v) is 13.3. The van der Waals surface area contributed by atoms with Crippen LogP contribution in [0.25, 0.3) is 12.2 Å². The Labute approximate surface area is 213 Å². The summed E-state index contributed by atoms with van der Waals surface area (Å²) < 4.78 is 2.30. The van der Waals surface area contributed by atoms with E-state index in [1.807, 2.05) is 32.9 Å². The van der Waals surface area contributed by atoms with Gasteiger partial charge in [-0.3, -0.25) is 9.59 Å². The Morgan fingerprint density at radius 2 is 1.94 bits per heavy atom. The third kappa shape index (κ3) is 6.94. The van der Waals surface area contributed by atoms with Crippen LogP contribution in [-0.2, 0) is 16.0 Å². The average molecular weight is 500 g/mol. The molecule has 0 saturated heterocycles. The van der Waals surface area contributed by atoms with Gasteiger partial charge in [-0.25, -0.2) is 4.98 Å². The Kier molecular flexibility index (Phi) is 10.1. The molecular weight excluding hydrogens is 458 g/mol. The molecule has 6 nitrogen and oxygen atoms in total. The van der Waals surface area contributed by atoms with Crippen molar-refractivity contribution in [2.24, 2.45) is 11.3 Å². The average Bonchev–Trinajstić information content (AvgIpc) is 3.42. The maximum Gasteiger partial charge on any atom is 0.311 e. The van der Waals surface area contributed by atoms with Crippen molar-refractivity contribution < 1.29 is 14.7 Å². The van der Waals surface area contributed by atoms with E-state index in [-0.39, 0.29) is 17.4 Å². The summed E-state index contributed by atoms with van der Waals surface area (Å²) in [6, 6.07) is 3.94. The van der Waals surface area contributed by atoms with Crippen LogP contribution in [0.2, 0.25) is 0 Å². The molecule has 1 atom stereocenters. The first kappa shape index (κ1) is 28.6. The molecule has 1 unspecified atom stereocenters. The highest BCUT2D eigenvalue weighted by atomic mass is 32.1. The molecule has 2 N–H and O–H groups in total. The number of carbonyl (C=O) groups excluding carboxylic acids is 1. The maximum atomic E-state index is 13.1. The van der Waals surface area contributed by atoms with E-state index in [9.17, 15) is 14.7 Å². The molecule has 2 aromatic heterocycles. The predicted molar refractivity (Wildman–Crippen MR) is 145 cm³/mol. The molecular formula is C28H41N3O3S. The molecule has 2 rings (SSSR count). The normalized spacial score (nSPS) is 14.1. The van der Waals surface area contributed by atoms with Gasteiger partial charge in [-0.1, -0.05) is 46.4 Å². The van der Waals surface area contributed by atoms with E-state index < -0.39 is 17.4 Å². The lowest BCUT2D eigenvalue weighted by Gasteiger charge is -2.32. The van der Waals surface area contributed by atoms with Gasteiger partial charge >= 0.3 is 5.97 Å². The Bertz CT molecular complexity index is 1140. The standard InChI is InChI=1S/C28H41N3O3S/c1-9-20(10-2)31-23(11-3)22(29-25(31)17-21-13-12-14-35-21)16-19(6)26(32)30-24(15-18(4)5)28(7,8)27(33)34/h11-14,16,18,20,24H,6,9-10,15,17H2,1-5,7-8H3,(H,30,32)(H,33,34)/b22-16+,23-11+. The number of nitrogens with zero attached hydrogens (tertiary/aromatic N) is 2. The minimum atomic E-state index is -1.10. The maximum absolute atomic E-state index is 13.1. The van der Waals surface area contributed by atoms with E-state index in [2.05, 4.69) is 41.8 Å². The number of aromatic nitrogens is 2. The van der Waals surface area contributed by atoms with Crippen LogP contribution in [0.5, 0.6) is 0 Å². The van der Waals surface area contributed by atoms with Crippen molar-refractivity contribution in [3.63, 3.8) is 0 Å². The molecule has 0 fully saturated rings. The molecule has 7 heteroatoms. The lowest BCUT2D eigenvalue weighted by Crippen LogP contribution is -2.49. The van der Waals surface area contributed by atoms with Gasteiger partial charge in [-0.15, -0.1) is 11.3 Å². The van der Waals surface area contributed by atoms with E-state index in [1.54, 1.807) is 31.3 Å². The molecule has 0 aliphatic carbocycles. The van der Waals surface area contributed by atoms with Crippen LogP contribution in [0.3, 0.4) is 0 Å². The molecule has 0 aromatic carbocycles. The fourth-order valence-electron chi connectivity index (χ4n) is 4.30. The zero-order valence-corrected chi connectivity index (χ0v) is 23.0. The second-order valence-corrected chi connectivity index (χ2v) is 11.1. The van der Waals surface area contributed by atoms with Crippen molar-refractivity contribution in [3.8, 4) is 0 Å². The van der Waals surface area contributed by atoms with Crippen molar-refractivity contribution in [1.82, 2.24) is 14.9 Å². The summed E-state index contributed by atoms with van der Waals surface area (Å²) in [6.07, 6.45) is 7.00. The van der Waals surface area contributed by atoms with Gasteiger partial charge in [0.25, 0.3) is 5.91 Å². The Morgan fingerprint density at radius 3 is 2.43 bits per heavy atom. The number of hydrogen-bond acceptors (Lipinski definition) is 4. The largest absolute Gasteiger partial charge is 0.481 e. The number of amides is 1.